The van der Waals surface area contributed by atoms with Gasteiger partial charge in [0.25, 0.3) is 5.91 Å². The minimum atomic E-state index is 0.0853. The van der Waals surface area contributed by atoms with Gasteiger partial charge < -0.3 is 9.47 Å². The van der Waals surface area contributed by atoms with Crippen LogP contribution in [0.1, 0.15) is 32.1 Å². The fraction of sp³-hybridized carbons (Fsp3) is 0.250. The SMILES string of the molecule is Cc1ccc(C(=O)N(Cc2cccs2)Cc2cccn2C)c(C)c1. The third-order valence-electron chi connectivity index (χ3n) is 4.23. The van der Waals surface area contributed by atoms with Crippen LogP contribution in [0.4, 0.5) is 0 Å². The third-order valence-corrected chi connectivity index (χ3v) is 5.09. The number of hydrogen-bond donors (Lipinski definition) is 0. The first kappa shape index (κ1) is 16.5. The first-order valence-corrected chi connectivity index (χ1v) is 8.91. The van der Waals surface area contributed by atoms with Gasteiger partial charge in [0, 0.05) is 29.4 Å². The molecule has 0 saturated heterocycles. The molecule has 0 aliphatic carbocycles. The number of benzene rings is 1. The van der Waals surface area contributed by atoms with E-state index in [1.54, 1.807) is 11.3 Å². The molecular formula is C20H22N2OS. The van der Waals surface area contributed by atoms with Crippen LogP contribution in [0.2, 0.25) is 0 Å². The van der Waals surface area contributed by atoms with Crippen molar-refractivity contribution in [3.8, 4) is 0 Å². The summed E-state index contributed by atoms with van der Waals surface area (Å²) in [5, 5.41) is 2.05. The first-order chi connectivity index (χ1) is 11.5. The van der Waals surface area contributed by atoms with Gasteiger partial charge in [-0.05, 0) is 49.1 Å². The van der Waals surface area contributed by atoms with E-state index in [9.17, 15) is 4.79 Å². The van der Waals surface area contributed by atoms with Crippen LogP contribution in [0, 0.1) is 13.8 Å². The zero-order chi connectivity index (χ0) is 17.1. The van der Waals surface area contributed by atoms with E-state index in [0.29, 0.717) is 13.1 Å². The molecule has 0 unspecified atom stereocenters. The maximum atomic E-state index is 13.2. The lowest BCUT2D eigenvalue weighted by molar-refractivity contribution is 0.0727. The second-order valence-corrected chi connectivity index (χ2v) is 7.20. The summed E-state index contributed by atoms with van der Waals surface area (Å²) in [4.78, 5) is 16.3. The highest BCUT2D eigenvalue weighted by molar-refractivity contribution is 7.09. The van der Waals surface area contributed by atoms with E-state index < -0.39 is 0 Å². The average Bonchev–Trinajstić information content (AvgIpc) is 3.18. The van der Waals surface area contributed by atoms with Gasteiger partial charge in [-0.1, -0.05) is 23.8 Å². The van der Waals surface area contributed by atoms with Crippen molar-refractivity contribution in [1.29, 1.82) is 0 Å². The summed E-state index contributed by atoms with van der Waals surface area (Å²) in [6.07, 6.45) is 2.01. The lowest BCUT2D eigenvalue weighted by Crippen LogP contribution is -2.31. The topological polar surface area (TPSA) is 25.2 Å². The molecule has 0 aliphatic rings. The molecule has 0 atom stereocenters. The smallest absolute Gasteiger partial charge is 0.254 e. The third kappa shape index (κ3) is 3.60. The standard InChI is InChI=1S/C20H22N2OS/c1-15-8-9-19(16(2)12-15)20(23)22(14-18-7-5-11-24-18)13-17-6-4-10-21(17)3/h4-12H,13-14H2,1-3H3. The monoisotopic (exact) mass is 338 g/mol. The number of amides is 1. The zero-order valence-electron chi connectivity index (χ0n) is 14.3. The molecule has 24 heavy (non-hydrogen) atoms. The summed E-state index contributed by atoms with van der Waals surface area (Å²) >= 11 is 1.69. The maximum absolute atomic E-state index is 13.2. The van der Waals surface area contributed by atoms with E-state index in [-0.39, 0.29) is 5.91 Å². The van der Waals surface area contributed by atoms with E-state index in [1.807, 2.05) is 49.3 Å². The molecule has 0 N–H and O–H groups in total. The average molecular weight is 338 g/mol. The first-order valence-electron chi connectivity index (χ1n) is 8.03. The van der Waals surface area contributed by atoms with E-state index >= 15 is 0 Å². The number of aryl methyl sites for hydroxylation is 3. The summed E-state index contributed by atoms with van der Waals surface area (Å²) in [6.45, 7) is 5.29. The highest BCUT2D eigenvalue weighted by Gasteiger charge is 2.19. The molecule has 3 rings (SSSR count). The molecule has 0 saturated carbocycles. The van der Waals surface area contributed by atoms with Gasteiger partial charge in [0.2, 0.25) is 0 Å². The van der Waals surface area contributed by atoms with Gasteiger partial charge >= 0.3 is 0 Å². The minimum Gasteiger partial charge on any atom is -0.353 e. The van der Waals surface area contributed by atoms with E-state index in [1.165, 1.54) is 10.4 Å². The molecule has 0 fully saturated rings. The van der Waals surface area contributed by atoms with E-state index in [4.69, 9.17) is 0 Å². The lowest BCUT2D eigenvalue weighted by Gasteiger charge is -2.23. The summed E-state index contributed by atoms with van der Waals surface area (Å²) in [5.74, 6) is 0.0853. The zero-order valence-corrected chi connectivity index (χ0v) is 15.1. The molecule has 1 amide bonds. The fourth-order valence-corrected chi connectivity index (χ4v) is 3.59. The molecule has 0 aliphatic heterocycles. The molecule has 0 radical (unpaired) electrons. The Morgan fingerprint density at radius 2 is 1.96 bits per heavy atom. The number of carbonyl (C=O) groups is 1. The Hall–Kier alpha value is -2.33. The van der Waals surface area contributed by atoms with Crippen molar-refractivity contribution in [2.24, 2.45) is 7.05 Å². The highest BCUT2D eigenvalue weighted by atomic mass is 32.1. The van der Waals surface area contributed by atoms with Crippen LogP contribution in [0.3, 0.4) is 0 Å². The fourth-order valence-electron chi connectivity index (χ4n) is 2.87. The predicted octanol–water partition coefficient (Wildman–Crippen LogP) is 4.55. The van der Waals surface area contributed by atoms with Crippen LogP contribution >= 0.6 is 11.3 Å². The van der Waals surface area contributed by atoms with Crippen molar-refractivity contribution < 1.29 is 4.79 Å². The van der Waals surface area contributed by atoms with Gasteiger partial charge in [0.05, 0.1) is 13.1 Å². The minimum absolute atomic E-state index is 0.0853. The summed E-state index contributed by atoms with van der Waals surface area (Å²) < 4.78 is 2.07. The Bertz CT molecular complexity index is 833. The van der Waals surface area contributed by atoms with Crippen LogP contribution in [0.15, 0.2) is 54.0 Å². The van der Waals surface area contributed by atoms with E-state index in [0.717, 1.165) is 16.8 Å². The number of nitrogens with zero attached hydrogens (tertiary/aromatic N) is 2. The van der Waals surface area contributed by atoms with Crippen molar-refractivity contribution in [2.45, 2.75) is 26.9 Å². The molecule has 0 bridgehead atoms. The van der Waals surface area contributed by atoms with Gasteiger partial charge in [0.1, 0.15) is 0 Å². The normalized spacial score (nSPS) is 10.8. The molecule has 0 spiro atoms. The second kappa shape index (κ2) is 7.05. The highest BCUT2D eigenvalue weighted by Crippen LogP contribution is 2.19. The number of thiophene rings is 1. The van der Waals surface area contributed by atoms with Crippen LogP contribution in [0.25, 0.3) is 0 Å². The summed E-state index contributed by atoms with van der Waals surface area (Å²) in [7, 11) is 2.01. The predicted molar refractivity (Wildman–Crippen MR) is 99.2 cm³/mol. The van der Waals surface area contributed by atoms with Gasteiger partial charge in [-0.2, -0.15) is 0 Å². The van der Waals surface area contributed by atoms with Gasteiger partial charge in [-0.25, -0.2) is 0 Å². The largest absolute Gasteiger partial charge is 0.353 e. The van der Waals surface area contributed by atoms with Gasteiger partial charge in [-0.15, -0.1) is 11.3 Å². The van der Waals surface area contributed by atoms with Gasteiger partial charge in [0.15, 0.2) is 0 Å². The number of carbonyl (C=O) groups excluding carboxylic acids is 1. The maximum Gasteiger partial charge on any atom is 0.254 e. The van der Waals surface area contributed by atoms with Crippen molar-refractivity contribution in [1.82, 2.24) is 9.47 Å². The van der Waals surface area contributed by atoms with Crippen molar-refractivity contribution >= 4 is 17.2 Å². The molecule has 3 nitrogen and oxygen atoms in total. The lowest BCUT2D eigenvalue weighted by atomic mass is 10.0. The van der Waals surface area contributed by atoms with Crippen molar-refractivity contribution in [2.75, 3.05) is 0 Å². The van der Waals surface area contributed by atoms with Crippen LogP contribution in [-0.4, -0.2) is 15.4 Å². The molecule has 3 aromatic rings. The quantitative estimate of drug-likeness (QED) is 0.670. The Labute approximate surface area is 147 Å². The second-order valence-electron chi connectivity index (χ2n) is 6.17. The van der Waals surface area contributed by atoms with Crippen molar-refractivity contribution in [3.05, 3.63) is 81.3 Å². The number of aromatic nitrogens is 1. The molecule has 2 aromatic heterocycles. The Morgan fingerprint density at radius 3 is 2.58 bits per heavy atom. The van der Waals surface area contributed by atoms with Crippen molar-refractivity contribution in [3.63, 3.8) is 0 Å². The van der Waals surface area contributed by atoms with Crippen LogP contribution < -0.4 is 0 Å². The molecule has 124 valence electrons. The molecule has 2 heterocycles. The Kier molecular flexibility index (Phi) is 4.86. The number of rotatable bonds is 5. The molecule has 4 heteroatoms. The Morgan fingerprint density at radius 1 is 1.12 bits per heavy atom. The summed E-state index contributed by atoms with van der Waals surface area (Å²) in [6, 6.07) is 14.2. The number of hydrogen-bond acceptors (Lipinski definition) is 2. The molecule has 1 aromatic carbocycles. The van der Waals surface area contributed by atoms with Crippen LogP contribution in [-0.2, 0) is 20.1 Å². The van der Waals surface area contributed by atoms with E-state index in [2.05, 4.69) is 35.1 Å². The van der Waals surface area contributed by atoms with Gasteiger partial charge in [-0.3, -0.25) is 4.79 Å². The Balaban J connectivity index is 1.90. The molecular weight excluding hydrogens is 316 g/mol. The summed E-state index contributed by atoms with van der Waals surface area (Å²) in [5.41, 5.74) is 4.12. The van der Waals surface area contributed by atoms with Crippen LogP contribution in [0.5, 0.6) is 0 Å².